The van der Waals surface area contributed by atoms with Gasteiger partial charge in [0.1, 0.15) is 30.2 Å². The van der Waals surface area contributed by atoms with E-state index >= 15 is 0 Å². The molecule has 5 atom stereocenters. The molecule has 0 aromatic rings. The van der Waals surface area contributed by atoms with Crippen LogP contribution in [-0.4, -0.2) is 248 Å². The molecule has 0 spiro atoms. The van der Waals surface area contributed by atoms with Crippen LogP contribution in [0.1, 0.15) is 0 Å². The Hall–Kier alpha value is -8.19. The summed E-state index contributed by atoms with van der Waals surface area (Å²) in [5.74, 6) is -15.1. The largest absolute Gasteiger partial charge is 0.480 e. The molecule has 0 saturated heterocycles. The zero-order chi connectivity index (χ0) is 54.1. The van der Waals surface area contributed by atoms with E-state index in [1.807, 2.05) is 10.6 Å². The lowest BCUT2D eigenvalue weighted by Crippen LogP contribution is -2.57. The maximum Gasteiger partial charge on any atom is 0.328 e. The van der Waals surface area contributed by atoms with E-state index < -0.39 is 217 Å². The second-order valence-corrected chi connectivity index (χ2v) is 13.8. The van der Waals surface area contributed by atoms with Crippen molar-refractivity contribution in [3.8, 4) is 0 Å². The second kappa shape index (κ2) is 35.0. The summed E-state index contributed by atoms with van der Waals surface area (Å²) in [5.41, 5.74) is 5.12. The summed E-state index contributed by atoms with van der Waals surface area (Å²) >= 11 is 0. The number of carbonyl (C=O) groups excluding carboxylic acids is 14. The molecule has 0 radical (unpaired) electrons. The Bertz CT molecular complexity index is 1940. The minimum atomic E-state index is -1.71. The molecule has 0 heterocycles. The highest BCUT2D eigenvalue weighted by atomic mass is 16.4. The predicted molar refractivity (Wildman–Crippen MR) is 229 cm³/mol. The number of carboxylic acids is 1. The predicted octanol–water partition coefficient (Wildman–Crippen LogP) is -16.5. The third kappa shape index (κ3) is 28.0. The fourth-order valence-corrected chi connectivity index (χ4v) is 4.52. The van der Waals surface area contributed by atoms with Crippen LogP contribution in [-0.2, 0) is 71.9 Å². The first-order valence-electron chi connectivity index (χ1n) is 20.4. The number of nitrogens with two attached hydrogens (primary N) is 1. The van der Waals surface area contributed by atoms with Crippen molar-refractivity contribution in [1.82, 2.24) is 74.4 Å². The molecular weight excluding hydrogens is 966 g/mol. The third-order valence-corrected chi connectivity index (χ3v) is 8.27. The zero-order valence-electron chi connectivity index (χ0n) is 37.4. The highest BCUT2D eigenvalue weighted by Gasteiger charge is 2.28. The van der Waals surface area contributed by atoms with Gasteiger partial charge in [0.25, 0.3) is 0 Å². The Morgan fingerprint density at radius 1 is 0.282 bits per heavy atom. The normalized spacial score (nSPS) is 12.4. The van der Waals surface area contributed by atoms with Gasteiger partial charge < -0.3 is 111 Å². The standard InChI is InChI=1S/C35H57N15O21/c36-1-21(56)46-18(13-53)33(68)49-17(12-52)32(67)45-8-28(63)41-4-24(59)39-5-25(60)42-9-29(64)47-16(11-51)31(66)44-7-27(62)40-3-23(58)37-2-22(57)38-6-26(61)43-10-30(65)48-19(14-54)34(69)50-20(15-55)35(70)71/h16-20,51-55H,1-15,36H2,(H,37,58)(H,38,57)(H,39,59)(H,40,62)(H,41,63)(H,42,60)(H,43,61)(H,44,66)(H,45,67)(H,46,56)(H,47,64)(H,48,65)(H,49,68)(H,50,69)(H,70,71)/t16-,17-,18-,19-,20-/m0/s1. The molecule has 71 heavy (non-hydrogen) atoms. The van der Waals surface area contributed by atoms with Crippen molar-refractivity contribution in [3.63, 3.8) is 0 Å². The third-order valence-electron chi connectivity index (χ3n) is 8.27. The number of carbonyl (C=O) groups is 15. The molecule has 398 valence electrons. The Kier molecular flexibility index (Phi) is 31.0. The van der Waals surface area contributed by atoms with Gasteiger partial charge in [0, 0.05) is 0 Å². The first kappa shape index (κ1) is 62.8. The number of aliphatic hydroxyl groups excluding tert-OH is 5. The molecule has 0 aliphatic carbocycles. The lowest BCUT2D eigenvalue weighted by Gasteiger charge is -2.20. The summed E-state index contributed by atoms with van der Waals surface area (Å²) in [6.45, 7) is -11.8. The monoisotopic (exact) mass is 1020 g/mol. The van der Waals surface area contributed by atoms with Crippen molar-refractivity contribution in [1.29, 1.82) is 0 Å². The minimum absolute atomic E-state index is 0.502. The SMILES string of the molecule is NCC(=O)N[C@@H](CO)C(=O)N[C@@H](CO)C(=O)NCC(=O)NCC(=O)NCC(=O)NCC(=O)N[C@@H](CO)C(=O)NCC(=O)NCC(=O)NCC(=O)NCC(=O)NCC(=O)N[C@@H](CO)C(=O)N[C@@H](CO)C(=O)O. The fourth-order valence-electron chi connectivity index (χ4n) is 4.52. The summed E-state index contributed by atoms with van der Waals surface area (Å²) < 4.78 is 0. The summed E-state index contributed by atoms with van der Waals surface area (Å²) in [6, 6.07) is -8.08. The van der Waals surface area contributed by atoms with Crippen LogP contribution < -0.4 is 80.2 Å². The van der Waals surface area contributed by atoms with Crippen molar-refractivity contribution < 1.29 is 103 Å². The van der Waals surface area contributed by atoms with Crippen LogP contribution in [0.3, 0.4) is 0 Å². The molecule has 0 bridgehead atoms. The van der Waals surface area contributed by atoms with E-state index in [-0.39, 0.29) is 0 Å². The van der Waals surface area contributed by atoms with Crippen molar-refractivity contribution in [2.45, 2.75) is 30.2 Å². The summed E-state index contributed by atoms with van der Waals surface area (Å²) in [6.07, 6.45) is 0. The van der Waals surface area contributed by atoms with Crippen LogP contribution in [0.15, 0.2) is 0 Å². The van der Waals surface area contributed by atoms with Crippen LogP contribution in [0.2, 0.25) is 0 Å². The van der Waals surface area contributed by atoms with E-state index in [1.165, 1.54) is 0 Å². The van der Waals surface area contributed by atoms with Gasteiger partial charge in [-0.2, -0.15) is 0 Å². The molecule has 0 saturated carbocycles. The van der Waals surface area contributed by atoms with Gasteiger partial charge >= 0.3 is 5.97 Å². The van der Waals surface area contributed by atoms with Crippen molar-refractivity contribution in [2.24, 2.45) is 5.73 Å². The highest BCUT2D eigenvalue weighted by Crippen LogP contribution is 1.91. The smallest absolute Gasteiger partial charge is 0.328 e. The lowest BCUT2D eigenvalue weighted by molar-refractivity contribution is -0.143. The van der Waals surface area contributed by atoms with Gasteiger partial charge in [-0.3, -0.25) is 67.1 Å². The van der Waals surface area contributed by atoms with Crippen molar-refractivity contribution in [2.75, 3.05) is 98.5 Å². The Morgan fingerprint density at radius 3 is 0.746 bits per heavy atom. The molecule has 0 rings (SSSR count). The maximum absolute atomic E-state index is 12.4. The quantitative estimate of drug-likeness (QED) is 0.0285. The number of hydrogen-bond acceptors (Lipinski definition) is 21. The van der Waals surface area contributed by atoms with E-state index in [1.54, 1.807) is 0 Å². The number of aliphatic hydroxyl groups is 5. The molecule has 14 amide bonds. The number of carboxylic acid groups (broad SMARTS) is 1. The Labute approximate surface area is 399 Å². The van der Waals surface area contributed by atoms with Crippen LogP contribution in [0.4, 0.5) is 0 Å². The van der Waals surface area contributed by atoms with Gasteiger partial charge in [-0.05, 0) is 0 Å². The number of hydrogen-bond donors (Lipinski definition) is 21. The average molecular weight is 1020 g/mol. The summed E-state index contributed by atoms with van der Waals surface area (Å²) in [7, 11) is 0. The zero-order valence-corrected chi connectivity index (χ0v) is 37.4. The molecule has 0 aromatic heterocycles. The van der Waals surface area contributed by atoms with Crippen LogP contribution in [0, 0.1) is 0 Å². The van der Waals surface area contributed by atoms with E-state index in [0.717, 1.165) is 0 Å². The molecule has 0 fully saturated rings. The molecule has 36 nitrogen and oxygen atoms in total. The molecule has 0 unspecified atom stereocenters. The van der Waals surface area contributed by atoms with Gasteiger partial charge in [0.15, 0.2) is 0 Å². The minimum Gasteiger partial charge on any atom is -0.480 e. The number of amides is 14. The van der Waals surface area contributed by atoms with Gasteiger partial charge in [0.2, 0.25) is 82.7 Å². The molecule has 22 N–H and O–H groups in total. The molecule has 0 aliphatic heterocycles. The Morgan fingerprint density at radius 2 is 0.493 bits per heavy atom. The van der Waals surface area contributed by atoms with Gasteiger partial charge in [-0.15, -0.1) is 0 Å². The first-order valence-corrected chi connectivity index (χ1v) is 20.4. The molecule has 36 heteroatoms. The number of nitrogens with one attached hydrogen (secondary N) is 14. The van der Waals surface area contributed by atoms with E-state index in [4.69, 9.17) is 15.9 Å². The second-order valence-electron chi connectivity index (χ2n) is 13.8. The summed E-state index contributed by atoms with van der Waals surface area (Å²) in [4.78, 5) is 180. The van der Waals surface area contributed by atoms with E-state index in [9.17, 15) is 92.3 Å². The summed E-state index contributed by atoms with van der Waals surface area (Å²) in [5, 5.41) is 84.3. The maximum atomic E-state index is 12.4. The Balaban J connectivity index is 4.44. The molecule has 0 aliphatic rings. The topological polar surface area (TPSA) is 572 Å². The molecular formula is C35H57N15O21. The van der Waals surface area contributed by atoms with Gasteiger partial charge in [0.05, 0.1) is 98.5 Å². The van der Waals surface area contributed by atoms with Crippen LogP contribution in [0.5, 0.6) is 0 Å². The van der Waals surface area contributed by atoms with E-state index in [0.29, 0.717) is 0 Å². The lowest BCUT2D eigenvalue weighted by atomic mass is 10.2. The first-order chi connectivity index (χ1) is 33.5. The van der Waals surface area contributed by atoms with Crippen LogP contribution in [0.25, 0.3) is 0 Å². The van der Waals surface area contributed by atoms with Crippen molar-refractivity contribution >= 4 is 88.7 Å². The van der Waals surface area contributed by atoms with Gasteiger partial charge in [-0.1, -0.05) is 0 Å². The highest BCUT2D eigenvalue weighted by molar-refractivity contribution is 5.97. The fraction of sp³-hybridized carbons (Fsp3) is 0.571. The van der Waals surface area contributed by atoms with Crippen LogP contribution >= 0.6 is 0 Å². The average Bonchev–Trinajstić information content (AvgIpc) is 3.35. The number of rotatable bonds is 34. The molecule has 0 aromatic carbocycles. The number of aliphatic carboxylic acids is 1. The van der Waals surface area contributed by atoms with Crippen molar-refractivity contribution in [3.05, 3.63) is 0 Å². The van der Waals surface area contributed by atoms with E-state index in [2.05, 4.69) is 63.8 Å². The van der Waals surface area contributed by atoms with Gasteiger partial charge in [-0.25, -0.2) is 4.79 Å².